The highest BCUT2D eigenvalue weighted by molar-refractivity contribution is 7.20. The second-order valence-electron chi connectivity index (χ2n) is 4.20. The SMILES string of the molecule is COC(=O)CC(C)(c1cc(Cl)sc1Cl)C(C)N. The van der Waals surface area contributed by atoms with Crippen LogP contribution in [0, 0.1) is 0 Å². The monoisotopic (exact) mass is 295 g/mol. The quantitative estimate of drug-likeness (QED) is 0.868. The van der Waals surface area contributed by atoms with Crippen LogP contribution in [-0.2, 0) is 14.9 Å². The summed E-state index contributed by atoms with van der Waals surface area (Å²) >= 11 is 13.3. The predicted molar refractivity (Wildman–Crippen MR) is 72.0 cm³/mol. The Kier molecular flexibility index (Phi) is 4.84. The summed E-state index contributed by atoms with van der Waals surface area (Å²) in [6, 6.07) is 1.52. The Balaban J connectivity index is 3.16. The smallest absolute Gasteiger partial charge is 0.306 e. The molecule has 0 aliphatic rings. The minimum Gasteiger partial charge on any atom is -0.469 e. The number of methoxy groups -OCH3 is 1. The zero-order valence-corrected chi connectivity index (χ0v) is 12.2. The van der Waals surface area contributed by atoms with Crippen LogP contribution in [0.5, 0.6) is 0 Å². The highest BCUT2D eigenvalue weighted by atomic mass is 35.5. The number of ether oxygens (including phenoxy) is 1. The third-order valence-corrected chi connectivity index (χ3v) is 4.50. The number of hydrogen-bond acceptors (Lipinski definition) is 4. The van der Waals surface area contributed by atoms with Crippen LogP contribution >= 0.6 is 34.5 Å². The first-order valence-electron chi connectivity index (χ1n) is 5.09. The van der Waals surface area contributed by atoms with E-state index in [2.05, 4.69) is 0 Å². The number of halogens is 2. The molecule has 6 heteroatoms. The lowest BCUT2D eigenvalue weighted by atomic mass is 9.75. The fourth-order valence-corrected chi connectivity index (χ4v) is 3.33. The number of esters is 1. The van der Waals surface area contributed by atoms with Crippen molar-refractivity contribution in [3.8, 4) is 0 Å². The molecule has 1 heterocycles. The maximum Gasteiger partial charge on any atom is 0.306 e. The molecular formula is C11H15Cl2NO2S. The van der Waals surface area contributed by atoms with Crippen LogP contribution in [0.1, 0.15) is 25.8 Å². The molecule has 0 saturated heterocycles. The van der Waals surface area contributed by atoms with Crippen molar-refractivity contribution in [2.45, 2.75) is 31.7 Å². The van der Waals surface area contributed by atoms with Crippen LogP contribution in [0.25, 0.3) is 0 Å². The largest absolute Gasteiger partial charge is 0.469 e. The zero-order valence-electron chi connectivity index (χ0n) is 9.92. The van der Waals surface area contributed by atoms with Gasteiger partial charge in [-0.3, -0.25) is 4.79 Å². The number of thiophene rings is 1. The lowest BCUT2D eigenvalue weighted by molar-refractivity contribution is -0.142. The van der Waals surface area contributed by atoms with Crippen molar-refractivity contribution in [1.82, 2.24) is 0 Å². The van der Waals surface area contributed by atoms with Crippen LogP contribution in [0.2, 0.25) is 8.67 Å². The molecule has 0 amide bonds. The van der Waals surface area contributed by atoms with E-state index >= 15 is 0 Å². The number of carbonyl (C=O) groups excluding carboxylic acids is 1. The van der Waals surface area contributed by atoms with Gasteiger partial charge in [0.05, 0.1) is 22.2 Å². The van der Waals surface area contributed by atoms with Crippen LogP contribution < -0.4 is 5.73 Å². The molecule has 2 unspecified atom stereocenters. The summed E-state index contributed by atoms with van der Waals surface area (Å²) in [4.78, 5) is 11.5. The summed E-state index contributed by atoms with van der Waals surface area (Å²) in [6.07, 6.45) is 0.175. The Morgan fingerprint density at radius 1 is 1.65 bits per heavy atom. The van der Waals surface area contributed by atoms with Gasteiger partial charge in [0.2, 0.25) is 0 Å². The van der Waals surface area contributed by atoms with Crippen molar-refractivity contribution in [3.63, 3.8) is 0 Å². The summed E-state index contributed by atoms with van der Waals surface area (Å²) in [5.74, 6) is -0.316. The van der Waals surface area contributed by atoms with Gasteiger partial charge < -0.3 is 10.5 Å². The van der Waals surface area contributed by atoms with Crippen molar-refractivity contribution in [2.24, 2.45) is 5.73 Å². The van der Waals surface area contributed by atoms with Crippen LogP contribution in [0.15, 0.2) is 6.07 Å². The van der Waals surface area contributed by atoms with Crippen molar-refractivity contribution in [3.05, 3.63) is 20.3 Å². The van der Waals surface area contributed by atoms with Crippen molar-refractivity contribution >= 4 is 40.5 Å². The van der Waals surface area contributed by atoms with E-state index in [9.17, 15) is 4.79 Å². The fourth-order valence-electron chi connectivity index (χ4n) is 1.60. The highest BCUT2D eigenvalue weighted by Crippen LogP contribution is 2.42. The van der Waals surface area contributed by atoms with Gasteiger partial charge in [0.25, 0.3) is 0 Å². The molecule has 2 atom stereocenters. The Bertz CT molecular complexity index is 420. The number of nitrogens with two attached hydrogens (primary N) is 1. The van der Waals surface area contributed by atoms with E-state index in [-0.39, 0.29) is 18.4 Å². The summed E-state index contributed by atoms with van der Waals surface area (Å²) in [7, 11) is 1.35. The van der Waals surface area contributed by atoms with Gasteiger partial charge in [-0.15, -0.1) is 11.3 Å². The van der Waals surface area contributed by atoms with Crippen LogP contribution in [0.4, 0.5) is 0 Å². The molecule has 17 heavy (non-hydrogen) atoms. The molecule has 0 aliphatic heterocycles. The number of hydrogen-bond donors (Lipinski definition) is 1. The number of rotatable bonds is 4. The van der Waals surface area contributed by atoms with Crippen molar-refractivity contribution in [2.75, 3.05) is 7.11 Å². The average molecular weight is 296 g/mol. The van der Waals surface area contributed by atoms with Crippen molar-refractivity contribution < 1.29 is 9.53 Å². The maximum atomic E-state index is 11.5. The summed E-state index contributed by atoms with van der Waals surface area (Å²) in [5, 5.41) is 0. The normalized spacial score (nSPS) is 16.4. The Hall–Kier alpha value is -0.290. The van der Waals surface area contributed by atoms with E-state index < -0.39 is 5.41 Å². The minimum atomic E-state index is -0.576. The van der Waals surface area contributed by atoms with Gasteiger partial charge in [-0.25, -0.2) is 0 Å². The van der Waals surface area contributed by atoms with E-state index in [0.717, 1.165) is 5.56 Å². The highest BCUT2D eigenvalue weighted by Gasteiger charge is 2.36. The Morgan fingerprint density at radius 3 is 2.59 bits per heavy atom. The average Bonchev–Trinajstić information content (AvgIpc) is 2.57. The van der Waals surface area contributed by atoms with Gasteiger partial charge in [0.1, 0.15) is 0 Å². The van der Waals surface area contributed by atoms with Gasteiger partial charge in [0, 0.05) is 11.5 Å². The standard InChI is InChI=1S/C11H15Cl2NO2S/c1-6(14)11(2,5-9(15)16-3)7-4-8(12)17-10(7)13/h4,6H,5,14H2,1-3H3. The molecule has 1 rings (SSSR count). The first-order chi connectivity index (χ1) is 7.81. The molecule has 3 nitrogen and oxygen atoms in total. The van der Waals surface area contributed by atoms with Crippen LogP contribution in [-0.4, -0.2) is 19.1 Å². The lowest BCUT2D eigenvalue weighted by Crippen LogP contribution is -2.42. The number of carbonyl (C=O) groups is 1. The lowest BCUT2D eigenvalue weighted by Gasteiger charge is -2.32. The van der Waals surface area contributed by atoms with E-state index in [0.29, 0.717) is 8.67 Å². The van der Waals surface area contributed by atoms with Crippen molar-refractivity contribution in [1.29, 1.82) is 0 Å². The predicted octanol–water partition coefficient (Wildman–Crippen LogP) is 3.22. The summed E-state index contributed by atoms with van der Waals surface area (Å²) in [5.41, 5.74) is 6.20. The summed E-state index contributed by atoms with van der Waals surface area (Å²) in [6.45, 7) is 3.73. The molecule has 0 aliphatic carbocycles. The van der Waals surface area contributed by atoms with E-state index in [4.69, 9.17) is 33.7 Å². The molecule has 0 bridgehead atoms. The Labute approximate surface area is 115 Å². The molecule has 1 aromatic rings. The van der Waals surface area contributed by atoms with Gasteiger partial charge in [0.15, 0.2) is 0 Å². The topological polar surface area (TPSA) is 52.3 Å². The zero-order chi connectivity index (χ0) is 13.2. The molecule has 96 valence electrons. The van der Waals surface area contributed by atoms with E-state index in [1.807, 2.05) is 13.8 Å². The van der Waals surface area contributed by atoms with Gasteiger partial charge >= 0.3 is 5.97 Å². The molecule has 0 radical (unpaired) electrons. The first kappa shape index (κ1) is 14.8. The maximum absolute atomic E-state index is 11.5. The Morgan fingerprint density at radius 2 is 2.24 bits per heavy atom. The molecule has 2 N–H and O–H groups in total. The molecule has 1 aromatic heterocycles. The summed E-state index contributed by atoms with van der Waals surface area (Å²) < 4.78 is 5.85. The fraction of sp³-hybridized carbons (Fsp3) is 0.545. The third kappa shape index (κ3) is 3.13. The molecule has 0 fully saturated rings. The van der Waals surface area contributed by atoms with Gasteiger partial charge in [-0.2, -0.15) is 0 Å². The van der Waals surface area contributed by atoms with Crippen LogP contribution in [0.3, 0.4) is 0 Å². The second kappa shape index (κ2) is 5.57. The van der Waals surface area contributed by atoms with Gasteiger partial charge in [-0.05, 0) is 18.6 Å². The van der Waals surface area contributed by atoms with E-state index in [1.165, 1.54) is 18.4 Å². The third-order valence-electron chi connectivity index (χ3n) is 3.02. The second-order valence-corrected chi connectivity index (χ2v) is 6.48. The minimum absolute atomic E-state index is 0.175. The van der Waals surface area contributed by atoms with Gasteiger partial charge in [-0.1, -0.05) is 30.1 Å². The molecule has 0 saturated carbocycles. The van der Waals surface area contributed by atoms with E-state index in [1.54, 1.807) is 6.07 Å². The molecule has 0 spiro atoms. The molecule has 0 aromatic carbocycles. The first-order valence-corrected chi connectivity index (χ1v) is 6.66. The molecular weight excluding hydrogens is 281 g/mol.